The highest BCUT2D eigenvalue weighted by molar-refractivity contribution is 7.10. The molecule has 0 bridgehead atoms. The van der Waals surface area contributed by atoms with E-state index in [1.165, 1.54) is 24.1 Å². The second-order valence-corrected chi connectivity index (χ2v) is 9.49. The molecule has 1 aliphatic carbocycles. The van der Waals surface area contributed by atoms with Gasteiger partial charge >= 0.3 is 0 Å². The van der Waals surface area contributed by atoms with Gasteiger partial charge < -0.3 is 10.2 Å². The third kappa shape index (κ3) is 4.80. The molecule has 1 aliphatic rings. The maximum absolute atomic E-state index is 3.87. The van der Waals surface area contributed by atoms with E-state index in [-0.39, 0.29) is 0 Å². The fourth-order valence-electron chi connectivity index (χ4n) is 4.29. The number of nitrogens with zero attached hydrogens (tertiary/aromatic N) is 1. The molecular formula is C18H32N2S. The average Bonchev–Trinajstić information content (AvgIpc) is 2.77. The Bertz CT molecular complexity index is 418. The monoisotopic (exact) mass is 308 g/mol. The minimum absolute atomic E-state index is 0.454. The zero-order valence-corrected chi connectivity index (χ0v) is 15.4. The molecule has 2 rings (SSSR count). The van der Waals surface area contributed by atoms with Gasteiger partial charge in [-0.3, -0.25) is 0 Å². The number of hydrogen-bond acceptors (Lipinski definition) is 3. The molecule has 120 valence electrons. The van der Waals surface area contributed by atoms with Crippen LogP contribution in [0.2, 0.25) is 0 Å². The molecule has 0 aliphatic heterocycles. The summed E-state index contributed by atoms with van der Waals surface area (Å²) in [5.74, 6) is 0. The lowest BCUT2D eigenvalue weighted by molar-refractivity contribution is 0.0821. The first-order valence-corrected chi connectivity index (χ1v) is 9.00. The summed E-state index contributed by atoms with van der Waals surface area (Å²) >= 11 is 1.86. The maximum atomic E-state index is 3.87. The Hall–Kier alpha value is -0.380. The molecule has 0 aromatic carbocycles. The van der Waals surface area contributed by atoms with Crippen molar-refractivity contribution in [1.29, 1.82) is 0 Å². The highest BCUT2D eigenvalue weighted by Crippen LogP contribution is 2.45. The quantitative estimate of drug-likeness (QED) is 0.858. The molecule has 3 heteroatoms. The van der Waals surface area contributed by atoms with Crippen molar-refractivity contribution in [3.05, 3.63) is 22.4 Å². The van der Waals surface area contributed by atoms with Crippen molar-refractivity contribution < 1.29 is 0 Å². The first-order valence-electron chi connectivity index (χ1n) is 8.12. The van der Waals surface area contributed by atoms with Gasteiger partial charge in [0.1, 0.15) is 0 Å². The Morgan fingerprint density at radius 1 is 1.24 bits per heavy atom. The van der Waals surface area contributed by atoms with Gasteiger partial charge in [0.2, 0.25) is 0 Å². The predicted octanol–water partition coefficient (Wildman–Crippen LogP) is 4.55. The van der Waals surface area contributed by atoms with Crippen molar-refractivity contribution in [3.8, 4) is 0 Å². The Morgan fingerprint density at radius 2 is 1.86 bits per heavy atom. The van der Waals surface area contributed by atoms with Crippen molar-refractivity contribution in [2.24, 2.45) is 10.8 Å². The van der Waals surface area contributed by atoms with Crippen molar-refractivity contribution in [2.45, 2.75) is 59.0 Å². The Balaban J connectivity index is 1.97. The summed E-state index contributed by atoms with van der Waals surface area (Å²) in [7, 11) is 4.36. The summed E-state index contributed by atoms with van der Waals surface area (Å²) in [4.78, 5) is 3.79. The first-order chi connectivity index (χ1) is 9.69. The normalized spacial score (nSPS) is 23.4. The largest absolute Gasteiger partial charge is 0.312 e. The zero-order chi connectivity index (χ0) is 15.7. The van der Waals surface area contributed by atoms with Crippen LogP contribution < -0.4 is 5.32 Å². The van der Waals surface area contributed by atoms with Gasteiger partial charge in [0.05, 0.1) is 6.04 Å². The van der Waals surface area contributed by atoms with E-state index in [1.807, 2.05) is 11.3 Å². The van der Waals surface area contributed by atoms with Crippen molar-refractivity contribution >= 4 is 11.3 Å². The number of rotatable bonds is 5. The number of thiophene rings is 1. The van der Waals surface area contributed by atoms with Crippen LogP contribution in [0.4, 0.5) is 0 Å². The fraction of sp³-hybridized carbons (Fsp3) is 0.778. The Kier molecular flexibility index (Phi) is 5.17. The lowest BCUT2D eigenvalue weighted by Gasteiger charge is -2.45. The fourth-order valence-corrected chi connectivity index (χ4v) is 5.21. The number of nitrogens with one attached hydrogen (secondary N) is 1. The molecule has 1 aromatic rings. The summed E-state index contributed by atoms with van der Waals surface area (Å²) in [6.07, 6.45) is 3.92. The molecule has 2 nitrogen and oxygen atoms in total. The number of hydrogen-bond donors (Lipinski definition) is 1. The smallest absolute Gasteiger partial charge is 0.0561 e. The Morgan fingerprint density at radius 3 is 2.33 bits per heavy atom. The molecule has 1 aromatic heterocycles. The topological polar surface area (TPSA) is 15.3 Å². The average molecular weight is 309 g/mol. The molecule has 1 atom stereocenters. The molecule has 0 amide bonds. The SMILES string of the molecule is CN(C)C(CNC1CC(C)(C)CC(C)(C)C1)c1cccs1. The molecular weight excluding hydrogens is 276 g/mol. The lowest BCUT2D eigenvalue weighted by atomic mass is 9.63. The van der Waals surface area contributed by atoms with Crippen LogP contribution in [-0.4, -0.2) is 31.6 Å². The Labute approximate surface area is 134 Å². The van der Waals surface area contributed by atoms with Crippen LogP contribution in [0.25, 0.3) is 0 Å². The van der Waals surface area contributed by atoms with E-state index in [4.69, 9.17) is 0 Å². The molecule has 1 fully saturated rings. The van der Waals surface area contributed by atoms with Crippen LogP contribution in [0.5, 0.6) is 0 Å². The van der Waals surface area contributed by atoms with Gasteiger partial charge in [-0.1, -0.05) is 33.8 Å². The van der Waals surface area contributed by atoms with Gasteiger partial charge in [-0.25, -0.2) is 0 Å². The molecule has 21 heavy (non-hydrogen) atoms. The predicted molar refractivity (Wildman–Crippen MR) is 94.0 cm³/mol. The molecule has 0 spiro atoms. The number of likely N-dealkylation sites (N-methyl/N-ethyl adjacent to an activating group) is 1. The van der Waals surface area contributed by atoms with E-state index in [0.29, 0.717) is 22.9 Å². The maximum Gasteiger partial charge on any atom is 0.0561 e. The third-order valence-electron chi connectivity index (χ3n) is 4.65. The van der Waals surface area contributed by atoms with E-state index in [1.54, 1.807) is 0 Å². The molecule has 0 saturated heterocycles. The molecule has 1 unspecified atom stereocenters. The highest BCUT2D eigenvalue weighted by Gasteiger charge is 2.38. The zero-order valence-electron chi connectivity index (χ0n) is 14.6. The summed E-state index contributed by atoms with van der Waals surface area (Å²) in [6.45, 7) is 10.7. The first kappa shape index (κ1) is 17.0. The summed E-state index contributed by atoms with van der Waals surface area (Å²) < 4.78 is 0. The lowest BCUT2D eigenvalue weighted by Crippen LogP contribution is -2.46. The van der Waals surface area contributed by atoms with Crippen LogP contribution >= 0.6 is 11.3 Å². The van der Waals surface area contributed by atoms with Crippen LogP contribution in [0.1, 0.15) is 57.9 Å². The molecule has 1 saturated carbocycles. The van der Waals surface area contributed by atoms with Gasteiger partial charge in [-0.15, -0.1) is 11.3 Å². The summed E-state index contributed by atoms with van der Waals surface area (Å²) in [5, 5.41) is 6.05. The standard InChI is InChI=1S/C18H32N2S/c1-17(2)10-14(11-18(3,4)13-17)19-12-15(20(5)6)16-8-7-9-21-16/h7-9,14-15,19H,10-13H2,1-6H3. The van der Waals surface area contributed by atoms with Crippen molar-refractivity contribution in [2.75, 3.05) is 20.6 Å². The summed E-state index contributed by atoms with van der Waals surface area (Å²) in [5.41, 5.74) is 0.909. The minimum Gasteiger partial charge on any atom is -0.312 e. The summed E-state index contributed by atoms with van der Waals surface area (Å²) in [6, 6.07) is 5.54. The molecule has 1 N–H and O–H groups in total. The van der Waals surface area contributed by atoms with Crippen LogP contribution in [0.3, 0.4) is 0 Å². The van der Waals surface area contributed by atoms with Gasteiger partial charge in [0, 0.05) is 17.5 Å². The van der Waals surface area contributed by atoms with E-state index >= 15 is 0 Å². The van der Waals surface area contributed by atoms with Gasteiger partial charge in [0.25, 0.3) is 0 Å². The minimum atomic E-state index is 0.454. The third-order valence-corrected chi connectivity index (χ3v) is 5.62. The van der Waals surface area contributed by atoms with E-state index in [2.05, 4.69) is 69.5 Å². The van der Waals surface area contributed by atoms with E-state index in [9.17, 15) is 0 Å². The van der Waals surface area contributed by atoms with Crippen LogP contribution in [0, 0.1) is 10.8 Å². The highest BCUT2D eigenvalue weighted by atomic mass is 32.1. The second kappa shape index (κ2) is 6.39. The molecule has 1 heterocycles. The van der Waals surface area contributed by atoms with Gasteiger partial charge in [0.15, 0.2) is 0 Å². The van der Waals surface area contributed by atoms with E-state index < -0.39 is 0 Å². The van der Waals surface area contributed by atoms with Crippen LogP contribution in [0.15, 0.2) is 17.5 Å². The van der Waals surface area contributed by atoms with Gasteiger partial charge in [-0.05, 0) is 55.6 Å². The van der Waals surface area contributed by atoms with Crippen molar-refractivity contribution in [1.82, 2.24) is 10.2 Å². The van der Waals surface area contributed by atoms with Crippen LogP contribution in [-0.2, 0) is 0 Å². The second-order valence-electron chi connectivity index (χ2n) is 8.51. The van der Waals surface area contributed by atoms with E-state index in [0.717, 1.165) is 6.54 Å². The van der Waals surface area contributed by atoms with Crippen molar-refractivity contribution in [3.63, 3.8) is 0 Å². The molecule has 0 radical (unpaired) electrons. The van der Waals surface area contributed by atoms with Gasteiger partial charge in [-0.2, -0.15) is 0 Å².